The van der Waals surface area contributed by atoms with Gasteiger partial charge in [-0.1, -0.05) is 140 Å². The standard InChI is InChI=1S/C44H33N/c1-2-8-32(9-3-1)14-15-33-16-22-42(23-17-33)45(43-24-18-34(19-25-43)40-28-36-10-4-5-11-37(36)29-40)44-26-20-35(21-27-44)41-30-38-12-6-7-13-39(38)31-41/h1-28,30H,29,31H2/b15-14+. The van der Waals surface area contributed by atoms with E-state index < -0.39 is 0 Å². The highest BCUT2D eigenvalue weighted by Crippen LogP contribution is 2.39. The first kappa shape index (κ1) is 26.9. The van der Waals surface area contributed by atoms with Crippen LogP contribution in [-0.2, 0) is 12.8 Å². The van der Waals surface area contributed by atoms with Crippen LogP contribution in [-0.4, -0.2) is 0 Å². The molecule has 0 aromatic heterocycles. The maximum Gasteiger partial charge on any atom is 0.0462 e. The molecule has 0 heterocycles. The molecular weight excluding hydrogens is 542 g/mol. The van der Waals surface area contributed by atoms with Crippen molar-refractivity contribution in [1.29, 1.82) is 0 Å². The Balaban J connectivity index is 1.10. The third kappa shape index (κ3) is 5.57. The fourth-order valence-electron chi connectivity index (χ4n) is 6.52. The van der Waals surface area contributed by atoms with E-state index in [4.69, 9.17) is 0 Å². The van der Waals surface area contributed by atoms with Crippen LogP contribution in [0.1, 0.15) is 44.5 Å². The zero-order chi connectivity index (χ0) is 30.0. The minimum absolute atomic E-state index is 0.985. The molecule has 0 amide bonds. The van der Waals surface area contributed by atoms with E-state index in [0.29, 0.717) is 0 Å². The van der Waals surface area contributed by atoms with Gasteiger partial charge in [0.2, 0.25) is 0 Å². The Morgan fingerprint density at radius 3 is 1.24 bits per heavy atom. The van der Waals surface area contributed by atoms with Gasteiger partial charge in [0.15, 0.2) is 0 Å². The van der Waals surface area contributed by atoms with Crippen LogP contribution in [0.2, 0.25) is 0 Å². The Bertz CT molecular complexity index is 1950. The second-order valence-corrected chi connectivity index (χ2v) is 11.9. The smallest absolute Gasteiger partial charge is 0.0462 e. The van der Waals surface area contributed by atoms with E-state index in [-0.39, 0.29) is 0 Å². The van der Waals surface area contributed by atoms with Gasteiger partial charge in [-0.05, 0) is 105 Å². The summed E-state index contributed by atoms with van der Waals surface area (Å²) in [6.07, 6.45) is 11.0. The molecule has 0 spiro atoms. The molecule has 0 fully saturated rings. The van der Waals surface area contributed by atoms with Gasteiger partial charge in [0.25, 0.3) is 0 Å². The van der Waals surface area contributed by atoms with Gasteiger partial charge < -0.3 is 4.90 Å². The summed E-state index contributed by atoms with van der Waals surface area (Å²) in [5, 5.41) is 0. The molecule has 6 aromatic carbocycles. The zero-order valence-corrected chi connectivity index (χ0v) is 25.1. The topological polar surface area (TPSA) is 3.24 Å². The van der Waals surface area contributed by atoms with E-state index in [1.54, 1.807) is 0 Å². The van der Waals surface area contributed by atoms with Crippen LogP contribution in [0.25, 0.3) is 35.5 Å². The summed E-state index contributed by atoms with van der Waals surface area (Å²) in [5.74, 6) is 0. The van der Waals surface area contributed by atoms with Gasteiger partial charge in [-0.3, -0.25) is 0 Å². The summed E-state index contributed by atoms with van der Waals surface area (Å²) in [6, 6.07) is 54.8. The van der Waals surface area contributed by atoms with Gasteiger partial charge in [-0.25, -0.2) is 0 Å². The molecule has 0 unspecified atom stereocenters. The van der Waals surface area contributed by atoms with Crippen molar-refractivity contribution in [1.82, 2.24) is 0 Å². The first-order chi connectivity index (χ1) is 22.3. The van der Waals surface area contributed by atoms with Crippen LogP contribution < -0.4 is 4.90 Å². The highest BCUT2D eigenvalue weighted by molar-refractivity contribution is 5.91. The molecule has 0 radical (unpaired) electrons. The minimum atomic E-state index is 0.985. The molecule has 6 aromatic rings. The molecule has 2 aliphatic rings. The maximum absolute atomic E-state index is 2.35. The normalized spacial score (nSPS) is 13.3. The molecule has 1 nitrogen and oxygen atoms in total. The lowest BCUT2D eigenvalue weighted by Gasteiger charge is -2.26. The van der Waals surface area contributed by atoms with Gasteiger partial charge in [0.05, 0.1) is 0 Å². The van der Waals surface area contributed by atoms with E-state index in [2.05, 4.69) is 175 Å². The predicted octanol–water partition coefficient (Wildman–Crippen LogP) is 11.5. The van der Waals surface area contributed by atoms with Crippen molar-refractivity contribution in [3.63, 3.8) is 0 Å². The van der Waals surface area contributed by atoms with Crippen molar-refractivity contribution in [2.24, 2.45) is 0 Å². The molecule has 214 valence electrons. The molecule has 0 aliphatic heterocycles. The molecule has 8 rings (SSSR count). The maximum atomic E-state index is 2.35. The fraction of sp³-hybridized carbons (Fsp3) is 0.0455. The Hall–Kier alpha value is -5.66. The third-order valence-electron chi connectivity index (χ3n) is 8.94. The summed E-state index contributed by atoms with van der Waals surface area (Å²) in [4.78, 5) is 2.35. The lowest BCUT2D eigenvalue weighted by Crippen LogP contribution is -2.10. The van der Waals surface area contributed by atoms with E-state index in [1.807, 2.05) is 6.07 Å². The Kier molecular flexibility index (Phi) is 7.05. The van der Waals surface area contributed by atoms with Crippen molar-refractivity contribution < 1.29 is 0 Å². The number of nitrogens with zero attached hydrogens (tertiary/aromatic N) is 1. The Morgan fingerprint density at radius 2 is 0.778 bits per heavy atom. The third-order valence-corrected chi connectivity index (χ3v) is 8.94. The average Bonchev–Trinajstić information content (AvgIpc) is 3.74. The van der Waals surface area contributed by atoms with Crippen molar-refractivity contribution >= 4 is 52.5 Å². The van der Waals surface area contributed by atoms with E-state index >= 15 is 0 Å². The number of hydrogen-bond acceptors (Lipinski definition) is 1. The first-order valence-corrected chi connectivity index (χ1v) is 15.7. The molecule has 0 saturated carbocycles. The summed E-state index contributed by atoms with van der Waals surface area (Å²) in [7, 11) is 0. The van der Waals surface area contributed by atoms with Crippen LogP contribution in [0.15, 0.2) is 152 Å². The zero-order valence-electron chi connectivity index (χ0n) is 25.1. The van der Waals surface area contributed by atoms with Gasteiger partial charge in [-0.15, -0.1) is 0 Å². The largest absolute Gasteiger partial charge is 0.311 e. The quantitative estimate of drug-likeness (QED) is 0.171. The van der Waals surface area contributed by atoms with Gasteiger partial charge in [-0.2, -0.15) is 0 Å². The predicted molar refractivity (Wildman–Crippen MR) is 193 cm³/mol. The van der Waals surface area contributed by atoms with E-state index in [1.165, 1.54) is 55.7 Å². The molecule has 1 heteroatoms. The second kappa shape index (κ2) is 11.8. The molecule has 0 atom stereocenters. The average molecular weight is 576 g/mol. The SMILES string of the molecule is C1=C(c2ccc(N(c3ccc(/C=C/c4ccccc4)cc3)c3ccc(C4=Cc5ccccc5C4)cc3)cc2)Cc2ccccc21. The number of hydrogen-bond donors (Lipinski definition) is 0. The van der Waals surface area contributed by atoms with Crippen LogP contribution in [0.3, 0.4) is 0 Å². The molecule has 0 saturated heterocycles. The number of benzene rings is 6. The molecule has 0 N–H and O–H groups in total. The number of rotatable bonds is 7. The Labute approximate surface area is 265 Å². The van der Waals surface area contributed by atoms with Crippen molar-refractivity contribution in [2.75, 3.05) is 4.90 Å². The highest BCUT2D eigenvalue weighted by atomic mass is 15.1. The van der Waals surface area contributed by atoms with Gasteiger partial charge in [0, 0.05) is 17.1 Å². The lowest BCUT2D eigenvalue weighted by atomic mass is 10.0. The Morgan fingerprint density at radius 1 is 0.378 bits per heavy atom. The van der Waals surface area contributed by atoms with Crippen LogP contribution >= 0.6 is 0 Å². The van der Waals surface area contributed by atoms with Crippen molar-refractivity contribution in [3.8, 4) is 0 Å². The van der Waals surface area contributed by atoms with Crippen molar-refractivity contribution in [2.45, 2.75) is 12.8 Å². The number of anilines is 3. The summed E-state index contributed by atoms with van der Waals surface area (Å²) < 4.78 is 0. The summed E-state index contributed by atoms with van der Waals surface area (Å²) in [5.41, 5.74) is 16.6. The van der Waals surface area contributed by atoms with Crippen LogP contribution in [0.5, 0.6) is 0 Å². The van der Waals surface area contributed by atoms with Crippen LogP contribution in [0.4, 0.5) is 17.1 Å². The van der Waals surface area contributed by atoms with Gasteiger partial charge in [0.1, 0.15) is 0 Å². The molecule has 2 aliphatic carbocycles. The van der Waals surface area contributed by atoms with Gasteiger partial charge >= 0.3 is 0 Å². The van der Waals surface area contributed by atoms with E-state index in [9.17, 15) is 0 Å². The fourth-order valence-corrected chi connectivity index (χ4v) is 6.52. The lowest BCUT2D eigenvalue weighted by molar-refractivity contribution is 1.27. The van der Waals surface area contributed by atoms with Crippen LogP contribution in [0, 0.1) is 0 Å². The summed E-state index contributed by atoms with van der Waals surface area (Å²) >= 11 is 0. The molecular formula is C44H33N. The number of allylic oxidation sites excluding steroid dienone is 2. The first-order valence-electron chi connectivity index (χ1n) is 15.7. The van der Waals surface area contributed by atoms with Crippen molar-refractivity contribution in [3.05, 3.63) is 196 Å². The highest BCUT2D eigenvalue weighted by Gasteiger charge is 2.18. The number of fused-ring (bicyclic) bond motifs is 2. The second-order valence-electron chi connectivity index (χ2n) is 11.9. The molecule has 45 heavy (non-hydrogen) atoms. The molecule has 0 bridgehead atoms. The van der Waals surface area contributed by atoms with E-state index in [0.717, 1.165) is 29.9 Å². The monoisotopic (exact) mass is 575 g/mol. The summed E-state index contributed by atoms with van der Waals surface area (Å²) in [6.45, 7) is 0. The minimum Gasteiger partial charge on any atom is -0.311 e.